The van der Waals surface area contributed by atoms with Crippen LogP contribution in [0, 0.1) is 0 Å². The lowest BCUT2D eigenvalue weighted by Gasteiger charge is -2.07. The zero-order valence-corrected chi connectivity index (χ0v) is 16.3. The Bertz CT molecular complexity index is 1100. The molecule has 7 heteroatoms. The first kappa shape index (κ1) is 20.1. The molecule has 0 atom stereocenters. The van der Waals surface area contributed by atoms with E-state index in [-0.39, 0.29) is 6.61 Å². The predicted octanol–water partition coefficient (Wildman–Crippen LogP) is 3.42. The number of para-hydroxylation sites is 1. The Kier molecular flexibility index (Phi) is 6.29. The van der Waals surface area contributed by atoms with Crippen LogP contribution >= 0.6 is 0 Å². The summed E-state index contributed by atoms with van der Waals surface area (Å²) in [6, 6.07) is 13.8. The first-order valence-corrected chi connectivity index (χ1v) is 9.36. The van der Waals surface area contributed by atoms with Gasteiger partial charge in [0.05, 0.1) is 6.61 Å². The molecular formula is C22H22N2O5. The van der Waals surface area contributed by atoms with E-state index in [1.807, 2.05) is 36.4 Å². The lowest BCUT2D eigenvalue weighted by atomic mass is 10.1. The Labute approximate surface area is 167 Å². The maximum atomic E-state index is 12.1. The van der Waals surface area contributed by atoms with E-state index in [1.54, 1.807) is 6.92 Å². The first-order valence-electron chi connectivity index (χ1n) is 9.36. The van der Waals surface area contributed by atoms with E-state index in [9.17, 15) is 14.4 Å². The van der Waals surface area contributed by atoms with Crippen molar-refractivity contribution in [3.05, 3.63) is 54.6 Å². The number of nitrogens with zero attached hydrogens (tertiary/aromatic N) is 1. The number of aromatic nitrogens is 1. The molecule has 0 saturated carbocycles. The standard InChI is InChI=1S/C22H22N2O5/c1-3-24-18-8-6-5-7-16(18)17-13-15(9-10-19(17)24)23-20(25)14-29-22(27)12-11-21(26)28-4-2/h5-13H,3-4,14H2,1-2H3,(H,23,25). The minimum atomic E-state index is -0.797. The summed E-state index contributed by atoms with van der Waals surface area (Å²) in [6.45, 7) is 4.34. The number of carbonyl (C=O) groups is 3. The van der Waals surface area contributed by atoms with Gasteiger partial charge < -0.3 is 19.4 Å². The van der Waals surface area contributed by atoms with Crippen molar-refractivity contribution in [2.45, 2.75) is 20.4 Å². The highest BCUT2D eigenvalue weighted by Crippen LogP contribution is 2.30. The predicted molar refractivity (Wildman–Crippen MR) is 110 cm³/mol. The van der Waals surface area contributed by atoms with Gasteiger partial charge in [-0.15, -0.1) is 0 Å². The van der Waals surface area contributed by atoms with Gasteiger partial charge in [0, 0.05) is 46.2 Å². The Morgan fingerprint density at radius 2 is 1.62 bits per heavy atom. The molecule has 0 bridgehead atoms. The molecule has 0 saturated heterocycles. The number of carbonyl (C=O) groups excluding carboxylic acids is 3. The fraction of sp³-hybridized carbons (Fsp3) is 0.227. The summed E-state index contributed by atoms with van der Waals surface area (Å²) in [5, 5.41) is 4.87. The molecule has 150 valence electrons. The van der Waals surface area contributed by atoms with Gasteiger partial charge in [-0.1, -0.05) is 18.2 Å². The van der Waals surface area contributed by atoms with E-state index in [0.29, 0.717) is 5.69 Å². The van der Waals surface area contributed by atoms with Crippen LogP contribution in [0.1, 0.15) is 13.8 Å². The summed E-state index contributed by atoms with van der Waals surface area (Å²) < 4.78 is 11.7. The third kappa shape index (κ3) is 4.63. The van der Waals surface area contributed by atoms with Crippen LogP contribution in [0.2, 0.25) is 0 Å². The maximum Gasteiger partial charge on any atom is 0.331 e. The van der Waals surface area contributed by atoms with Crippen LogP contribution < -0.4 is 5.32 Å². The summed E-state index contributed by atoms with van der Waals surface area (Å²) >= 11 is 0. The Morgan fingerprint density at radius 3 is 2.34 bits per heavy atom. The second-order valence-corrected chi connectivity index (χ2v) is 6.23. The average Bonchev–Trinajstić information content (AvgIpc) is 3.04. The number of benzene rings is 2. The number of esters is 2. The molecule has 0 aliphatic carbocycles. The van der Waals surface area contributed by atoms with Crippen molar-refractivity contribution < 1.29 is 23.9 Å². The van der Waals surface area contributed by atoms with Crippen LogP contribution in [-0.2, 0) is 30.4 Å². The Morgan fingerprint density at radius 1 is 0.931 bits per heavy atom. The molecule has 0 spiro atoms. The lowest BCUT2D eigenvalue weighted by molar-refractivity contribution is -0.143. The molecule has 1 aromatic heterocycles. The molecule has 0 radical (unpaired) electrons. The second kappa shape index (κ2) is 9.05. The minimum absolute atomic E-state index is 0.210. The monoisotopic (exact) mass is 394 g/mol. The fourth-order valence-corrected chi connectivity index (χ4v) is 3.18. The topological polar surface area (TPSA) is 86.6 Å². The van der Waals surface area contributed by atoms with Crippen LogP contribution in [0.3, 0.4) is 0 Å². The average molecular weight is 394 g/mol. The second-order valence-electron chi connectivity index (χ2n) is 6.23. The number of ether oxygens (including phenoxy) is 2. The number of hydrogen-bond donors (Lipinski definition) is 1. The smallest absolute Gasteiger partial charge is 0.331 e. The van der Waals surface area contributed by atoms with Crippen LogP contribution in [0.15, 0.2) is 54.6 Å². The number of amides is 1. The van der Waals surface area contributed by atoms with E-state index in [1.165, 1.54) is 0 Å². The quantitative estimate of drug-likeness (QED) is 0.490. The summed E-state index contributed by atoms with van der Waals surface area (Å²) in [4.78, 5) is 34.8. The molecule has 0 unspecified atom stereocenters. The van der Waals surface area contributed by atoms with E-state index in [0.717, 1.165) is 40.5 Å². The highest BCUT2D eigenvalue weighted by molar-refractivity contribution is 6.10. The van der Waals surface area contributed by atoms with Crippen molar-refractivity contribution in [3.8, 4) is 0 Å². The zero-order chi connectivity index (χ0) is 20.8. The number of rotatable bonds is 7. The third-order valence-corrected chi connectivity index (χ3v) is 4.36. The van der Waals surface area contributed by atoms with E-state index >= 15 is 0 Å². The van der Waals surface area contributed by atoms with Crippen LogP contribution in [0.5, 0.6) is 0 Å². The van der Waals surface area contributed by atoms with Crippen molar-refractivity contribution >= 4 is 45.3 Å². The summed E-state index contributed by atoms with van der Waals surface area (Å²) in [6.07, 6.45) is 1.89. The Balaban J connectivity index is 1.67. The lowest BCUT2D eigenvalue weighted by Crippen LogP contribution is -2.20. The first-order chi connectivity index (χ1) is 14.0. The molecule has 3 aromatic rings. The highest BCUT2D eigenvalue weighted by Gasteiger charge is 2.11. The van der Waals surface area contributed by atoms with Gasteiger partial charge in [-0.3, -0.25) is 4.79 Å². The molecule has 1 N–H and O–H groups in total. The Hall–Kier alpha value is -3.61. The molecular weight excluding hydrogens is 372 g/mol. The van der Waals surface area contributed by atoms with E-state index in [4.69, 9.17) is 4.74 Å². The van der Waals surface area contributed by atoms with Gasteiger partial charge in [0.25, 0.3) is 5.91 Å². The zero-order valence-electron chi connectivity index (χ0n) is 16.3. The molecule has 2 aromatic carbocycles. The van der Waals surface area contributed by atoms with E-state index in [2.05, 4.69) is 27.6 Å². The van der Waals surface area contributed by atoms with Crippen LogP contribution in [-0.4, -0.2) is 35.6 Å². The molecule has 7 nitrogen and oxygen atoms in total. The molecule has 3 rings (SSSR count). The van der Waals surface area contributed by atoms with Gasteiger partial charge in [0.15, 0.2) is 6.61 Å². The SMILES string of the molecule is CCOC(=O)C=CC(=O)OCC(=O)Nc1ccc2c(c1)c1ccccc1n2CC. The number of aryl methyl sites for hydroxylation is 1. The van der Waals surface area contributed by atoms with Crippen molar-refractivity contribution in [2.75, 3.05) is 18.5 Å². The normalized spacial score (nSPS) is 11.1. The summed E-state index contributed by atoms with van der Waals surface area (Å²) in [7, 11) is 0. The van der Waals surface area contributed by atoms with Crippen molar-refractivity contribution in [2.24, 2.45) is 0 Å². The molecule has 29 heavy (non-hydrogen) atoms. The number of hydrogen-bond acceptors (Lipinski definition) is 5. The summed E-state index contributed by atoms with van der Waals surface area (Å²) in [5.74, 6) is -1.91. The van der Waals surface area contributed by atoms with E-state index < -0.39 is 24.5 Å². The van der Waals surface area contributed by atoms with Crippen LogP contribution in [0.4, 0.5) is 5.69 Å². The third-order valence-electron chi connectivity index (χ3n) is 4.36. The minimum Gasteiger partial charge on any atom is -0.463 e. The molecule has 1 heterocycles. The number of anilines is 1. The maximum absolute atomic E-state index is 12.1. The summed E-state index contributed by atoms with van der Waals surface area (Å²) in [5.41, 5.74) is 2.83. The molecule has 0 aliphatic rings. The molecule has 0 aliphatic heterocycles. The molecule has 1 amide bonds. The van der Waals surface area contributed by atoms with Gasteiger partial charge in [-0.05, 0) is 38.1 Å². The van der Waals surface area contributed by atoms with Crippen molar-refractivity contribution in [1.29, 1.82) is 0 Å². The fourth-order valence-electron chi connectivity index (χ4n) is 3.18. The number of nitrogens with one attached hydrogen (secondary N) is 1. The number of fused-ring (bicyclic) bond motifs is 3. The largest absolute Gasteiger partial charge is 0.463 e. The van der Waals surface area contributed by atoms with Crippen LogP contribution in [0.25, 0.3) is 21.8 Å². The van der Waals surface area contributed by atoms with Gasteiger partial charge in [0.2, 0.25) is 0 Å². The highest BCUT2D eigenvalue weighted by atomic mass is 16.5. The van der Waals surface area contributed by atoms with Gasteiger partial charge in [-0.25, -0.2) is 9.59 Å². The van der Waals surface area contributed by atoms with Gasteiger partial charge >= 0.3 is 11.9 Å². The molecule has 0 fully saturated rings. The van der Waals surface area contributed by atoms with Crippen molar-refractivity contribution in [1.82, 2.24) is 4.57 Å². The van der Waals surface area contributed by atoms with Crippen molar-refractivity contribution in [3.63, 3.8) is 0 Å². The van der Waals surface area contributed by atoms with Gasteiger partial charge in [0.1, 0.15) is 0 Å². The van der Waals surface area contributed by atoms with Gasteiger partial charge in [-0.2, -0.15) is 0 Å².